The maximum absolute atomic E-state index is 12.0. The summed E-state index contributed by atoms with van der Waals surface area (Å²) in [4.78, 5) is 15.4. The van der Waals surface area contributed by atoms with Crippen LogP contribution >= 0.6 is 0 Å². The van der Waals surface area contributed by atoms with Crippen LogP contribution in [0.15, 0.2) is 18.2 Å². The number of aromatic amines is 1. The van der Waals surface area contributed by atoms with E-state index in [1.165, 1.54) is 24.1 Å². The van der Waals surface area contributed by atoms with Crippen molar-refractivity contribution in [2.45, 2.75) is 38.7 Å². The summed E-state index contributed by atoms with van der Waals surface area (Å²) in [7, 11) is 0. The molecule has 0 saturated heterocycles. The Labute approximate surface area is 117 Å². The van der Waals surface area contributed by atoms with E-state index in [0.717, 1.165) is 23.7 Å². The van der Waals surface area contributed by atoms with Gasteiger partial charge >= 0.3 is 5.97 Å². The Hall–Kier alpha value is -2.28. The first-order chi connectivity index (χ1) is 9.69. The van der Waals surface area contributed by atoms with Crippen molar-refractivity contribution < 1.29 is 9.53 Å². The van der Waals surface area contributed by atoms with Gasteiger partial charge in [0.2, 0.25) is 0 Å². The summed E-state index contributed by atoms with van der Waals surface area (Å²) in [6.07, 6.45) is 3.82. The Balaban J connectivity index is 1.98. The predicted molar refractivity (Wildman–Crippen MR) is 75.4 cm³/mol. The van der Waals surface area contributed by atoms with Crippen LogP contribution in [0.4, 0.5) is 0 Å². The highest BCUT2D eigenvalue weighted by Crippen LogP contribution is 2.29. The number of H-pyrrole nitrogens is 1. The van der Waals surface area contributed by atoms with Crippen molar-refractivity contribution in [3.63, 3.8) is 0 Å². The molecule has 3 rings (SSSR count). The molecular weight excluding hydrogens is 252 g/mol. The van der Waals surface area contributed by atoms with E-state index in [2.05, 4.69) is 4.98 Å². The molecular formula is C16H16N2O2. The minimum absolute atomic E-state index is 0.438. The van der Waals surface area contributed by atoms with Crippen LogP contribution in [0.25, 0.3) is 10.9 Å². The fourth-order valence-electron chi connectivity index (χ4n) is 2.79. The smallest absolute Gasteiger partial charge is 0.339 e. The fraction of sp³-hybridized carbons (Fsp3) is 0.375. The van der Waals surface area contributed by atoms with Gasteiger partial charge in [-0.15, -0.1) is 0 Å². The second-order valence-electron chi connectivity index (χ2n) is 5.23. The zero-order chi connectivity index (χ0) is 14.1. The van der Waals surface area contributed by atoms with E-state index in [-0.39, 0.29) is 0 Å². The van der Waals surface area contributed by atoms with Crippen LogP contribution in [0.2, 0.25) is 0 Å². The number of ether oxygens (including phenoxy) is 1. The summed E-state index contributed by atoms with van der Waals surface area (Å²) in [5.74, 6) is -0.438. The Morgan fingerprint density at radius 1 is 1.40 bits per heavy atom. The van der Waals surface area contributed by atoms with Crippen molar-refractivity contribution >= 4 is 16.9 Å². The Morgan fingerprint density at radius 3 is 3.00 bits per heavy atom. The van der Waals surface area contributed by atoms with Gasteiger partial charge in [-0.05, 0) is 56.4 Å². The number of benzene rings is 1. The van der Waals surface area contributed by atoms with Crippen molar-refractivity contribution in [3.05, 3.63) is 35.0 Å². The normalized spacial score (nSPS) is 15.4. The second-order valence-corrected chi connectivity index (χ2v) is 5.23. The molecule has 4 heteroatoms. The summed E-state index contributed by atoms with van der Waals surface area (Å²) in [6, 6.07) is 7.44. The lowest BCUT2D eigenvalue weighted by Gasteiger charge is -2.10. The summed E-state index contributed by atoms with van der Waals surface area (Å²) < 4.78 is 5.04. The first-order valence-electron chi connectivity index (χ1n) is 6.93. The molecule has 0 unspecified atom stereocenters. The van der Waals surface area contributed by atoms with E-state index in [1.807, 2.05) is 18.2 Å². The third-order valence-electron chi connectivity index (χ3n) is 3.80. The van der Waals surface area contributed by atoms with Crippen LogP contribution in [-0.4, -0.2) is 17.1 Å². The van der Waals surface area contributed by atoms with Crippen LogP contribution in [0.3, 0.4) is 0 Å². The molecule has 0 saturated carbocycles. The number of hydrogen-bond acceptors (Lipinski definition) is 3. The average molecular weight is 268 g/mol. The number of aromatic nitrogens is 1. The number of nitriles is 1. The number of carbonyl (C=O) groups is 1. The molecule has 0 radical (unpaired) electrons. The first-order valence-corrected chi connectivity index (χ1v) is 6.93. The maximum Gasteiger partial charge on any atom is 0.339 e. The monoisotopic (exact) mass is 268 g/mol. The largest absolute Gasteiger partial charge is 0.444 e. The number of nitrogens with one attached hydrogen (secondary N) is 1. The molecule has 0 bridgehead atoms. The summed E-state index contributed by atoms with van der Waals surface area (Å²) in [5, 5.41) is 9.81. The molecule has 1 aromatic heterocycles. The van der Waals surface area contributed by atoms with Crippen LogP contribution in [0, 0.1) is 11.3 Å². The molecule has 1 heterocycles. The number of fused-ring (bicyclic) bond motifs is 3. The molecule has 1 N–H and O–H groups in total. The quantitative estimate of drug-likeness (QED) is 0.851. The Kier molecular flexibility index (Phi) is 3.19. The Bertz CT molecular complexity index is 709. The van der Waals surface area contributed by atoms with Gasteiger partial charge in [-0.1, -0.05) is 0 Å². The summed E-state index contributed by atoms with van der Waals surface area (Å²) in [6.45, 7) is 1.56. The van der Waals surface area contributed by atoms with E-state index in [4.69, 9.17) is 10.00 Å². The minimum atomic E-state index is -0.724. The van der Waals surface area contributed by atoms with E-state index in [1.54, 1.807) is 13.0 Å². The minimum Gasteiger partial charge on any atom is -0.444 e. The molecule has 1 aromatic carbocycles. The van der Waals surface area contributed by atoms with Gasteiger partial charge in [0, 0.05) is 16.6 Å². The topological polar surface area (TPSA) is 65.9 Å². The molecule has 0 fully saturated rings. The second kappa shape index (κ2) is 5.01. The number of esters is 1. The van der Waals surface area contributed by atoms with Crippen LogP contribution in [0.5, 0.6) is 0 Å². The molecule has 102 valence electrons. The molecule has 0 aliphatic heterocycles. The van der Waals surface area contributed by atoms with Gasteiger partial charge in [0.05, 0.1) is 5.56 Å². The van der Waals surface area contributed by atoms with E-state index in [0.29, 0.717) is 5.56 Å². The van der Waals surface area contributed by atoms with Gasteiger partial charge in [0.1, 0.15) is 6.07 Å². The first kappa shape index (κ1) is 12.7. The highest BCUT2D eigenvalue weighted by atomic mass is 16.5. The van der Waals surface area contributed by atoms with Crippen LogP contribution in [-0.2, 0) is 17.6 Å². The Morgan fingerprint density at radius 2 is 2.20 bits per heavy atom. The molecule has 1 atom stereocenters. The molecule has 1 aliphatic rings. The third-order valence-corrected chi connectivity index (χ3v) is 3.80. The SMILES string of the molecule is C[C@H](C#N)OC(=O)c1ccc2[nH]c3c(c2c1)CCCC3. The zero-order valence-electron chi connectivity index (χ0n) is 11.4. The highest BCUT2D eigenvalue weighted by molar-refractivity contribution is 5.96. The maximum atomic E-state index is 12.0. The van der Waals surface area contributed by atoms with Gasteiger partial charge in [0.25, 0.3) is 0 Å². The lowest BCUT2D eigenvalue weighted by atomic mass is 9.95. The van der Waals surface area contributed by atoms with Gasteiger partial charge in [-0.3, -0.25) is 0 Å². The van der Waals surface area contributed by atoms with Gasteiger partial charge < -0.3 is 9.72 Å². The van der Waals surface area contributed by atoms with Crippen molar-refractivity contribution in [1.29, 1.82) is 5.26 Å². The predicted octanol–water partition coefficient (Wildman–Crippen LogP) is 3.12. The fourth-order valence-corrected chi connectivity index (χ4v) is 2.79. The standard InChI is InChI=1S/C16H16N2O2/c1-10(9-17)20-16(19)11-6-7-15-13(8-11)12-4-2-3-5-14(12)18-15/h6-8,10,18H,2-5H2,1H3/t10-/m1/s1. The number of nitrogens with zero attached hydrogens (tertiary/aromatic N) is 1. The van der Waals surface area contributed by atoms with Crippen molar-refractivity contribution in [1.82, 2.24) is 4.98 Å². The molecule has 20 heavy (non-hydrogen) atoms. The van der Waals surface area contributed by atoms with E-state index in [9.17, 15) is 4.79 Å². The number of hydrogen-bond donors (Lipinski definition) is 1. The number of carbonyl (C=O) groups excluding carboxylic acids is 1. The van der Waals surface area contributed by atoms with E-state index >= 15 is 0 Å². The van der Waals surface area contributed by atoms with Crippen LogP contribution < -0.4 is 0 Å². The average Bonchev–Trinajstić information content (AvgIpc) is 2.84. The van der Waals surface area contributed by atoms with Crippen molar-refractivity contribution in [2.75, 3.05) is 0 Å². The lowest BCUT2D eigenvalue weighted by Crippen LogP contribution is -2.12. The van der Waals surface area contributed by atoms with Gasteiger partial charge in [-0.25, -0.2) is 4.79 Å². The third kappa shape index (κ3) is 2.16. The summed E-state index contributed by atoms with van der Waals surface area (Å²) in [5.41, 5.74) is 4.20. The van der Waals surface area contributed by atoms with Gasteiger partial charge in [0.15, 0.2) is 6.10 Å². The number of rotatable bonds is 2. The van der Waals surface area contributed by atoms with Gasteiger partial charge in [-0.2, -0.15) is 5.26 Å². The highest BCUT2D eigenvalue weighted by Gasteiger charge is 2.18. The van der Waals surface area contributed by atoms with E-state index < -0.39 is 12.1 Å². The summed E-state index contributed by atoms with van der Waals surface area (Å²) >= 11 is 0. The van der Waals surface area contributed by atoms with Crippen LogP contribution in [0.1, 0.15) is 41.4 Å². The molecule has 0 amide bonds. The van der Waals surface area contributed by atoms with Crippen molar-refractivity contribution in [2.24, 2.45) is 0 Å². The lowest BCUT2D eigenvalue weighted by molar-refractivity contribution is 0.0435. The molecule has 0 spiro atoms. The molecule has 2 aromatic rings. The number of aryl methyl sites for hydroxylation is 2. The van der Waals surface area contributed by atoms with Crippen molar-refractivity contribution in [3.8, 4) is 6.07 Å². The molecule has 1 aliphatic carbocycles. The zero-order valence-corrected chi connectivity index (χ0v) is 11.4. The molecule has 4 nitrogen and oxygen atoms in total.